The van der Waals surface area contributed by atoms with Crippen LogP contribution < -0.4 is 9.64 Å². The van der Waals surface area contributed by atoms with Crippen LogP contribution in [0.2, 0.25) is 0 Å². The fraction of sp³-hybridized carbons (Fsp3) is 0.286. The molecule has 1 fully saturated rings. The fourth-order valence-electron chi connectivity index (χ4n) is 3.34. The van der Waals surface area contributed by atoms with E-state index in [0.717, 1.165) is 32.4 Å². The highest BCUT2D eigenvalue weighted by atomic mass is 32.2. The summed E-state index contributed by atoms with van der Waals surface area (Å²) in [7, 11) is -2.19. The minimum Gasteiger partial charge on any atom is -0.497 e. The molecule has 0 radical (unpaired) electrons. The van der Waals surface area contributed by atoms with Gasteiger partial charge in [-0.05, 0) is 55.7 Å². The molecule has 2 heterocycles. The number of hydrogen-bond acceptors (Lipinski definition) is 6. The van der Waals surface area contributed by atoms with Gasteiger partial charge in [0.1, 0.15) is 5.75 Å². The summed E-state index contributed by atoms with van der Waals surface area (Å²) in [6.45, 7) is 1.52. The number of sulfone groups is 1. The number of benzene rings is 2. The molecule has 0 aliphatic carbocycles. The number of ether oxygens (including phenoxy) is 1. The van der Waals surface area contributed by atoms with Crippen LogP contribution in [-0.4, -0.2) is 33.6 Å². The van der Waals surface area contributed by atoms with Crippen molar-refractivity contribution in [2.45, 2.75) is 29.2 Å². The second kappa shape index (κ2) is 7.67. The maximum absolute atomic E-state index is 13.3. The number of oxazole rings is 1. The third-order valence-corrected chi connectivity index (χ3v) is 6.54. The van der Waals surface area contributed by atoms with Gasteiger partial charge in [0.25, 0.3) is 0 Å². The normalized spacial score (nSPS) is 14.8. The summed E-state index contributed by atoms with van der Waals surface area (Å²) in [5.74, 6) is 1.33. The third kappa shape index (κ3) is 3.49. The van der Waals surface area contributed by atoms with Crippen molar-refractivity contribution >= 4 is 15.7 Å². The summed E-state index contributed by atoms with van der Waals surface area (Å²) < 4.78 is 37.7. The minimum absolute atomic E-state index is 0.0218. The molecular formula is C21H22N2O4S. The lowest BCUT2D eigenvalue weighted by Gasteiger charge is -2.26. The summed E-state index contributed by atoms with van der Waals surface area (Å²) in [6, 6.07) is 15.6. The van der Waals surface area contributed by atoms with Gasteiger partial charge < -0.3 is 14.1 Å². The van der Waals surface area contributed by atoms with Crippen molar-refractivity contribution in [2.75, 3.05) is 25.1 Å². The van der Waals surface area contributed by atoms with Crippen LogP contribution >= 0.6 is 0 Å². The average molecular weight is 398 g/mol. The second-order valence-corrected chi connectivity index (χ2v) is 8.59. The molecule has 28 heavy (non-hydrogen) atoms. The number of anilines is 1. The van der Waals surface area contributed by atoms with Gasteiger partial charge >= 0.3 is 0 Å². The van der Waals surface area contributed by atoms with Crippen LogP contribution in [0.1, 0.15) is 19.3 Å². The molecule has 0 N–H and O–H groups in total. The molecular weight excluding hydrogens is 376 g/mol. The van der Waals surface area contributed by atoms with Crippen molar-refractivity contribution in [3.63, 3.8) is 0 Å². The Morgan fingerprint density at radius 3 is 2.29 bits per heavy atom. The Morgan fingerprint density at radius 1 is 0.964 bits per heavy atom. The zero-order valence-corrected chi connectivity index (χ0v) is 16.5. The first-order valence-corrected chi connectivity index (χ1v) is 10.8. The van der Waals surface area contributed by atoms with Crippen LogP contribution in [0.25, 0.3) is 11.5 Å². The van der Waals surface area contributed by atoms with Crippen LogP contribution in [0.3, 0.4) is 0 Å². The first-order valence-electron chi connectivity index (χ1n) is 9.30. The molecule has 4 rings (SSSR count). The van der Waals surface area contributed by atoms with E-state index in [2.05, 4.69) is 4.98 Å². The summed E-state index contributed by atoms with van der Waals surface area (Å²) >= 11 is 0. The molecule has 1 saturated heterocycles. The van der Waals surface area contributed by atoms with E-state index in [-0.39, 0.29) is 15.8 Å². The molecule has 0 atom stereocenters. The topological polar surface area (TPSA) is 72.6 Å². The van der Waals surface area contributed by atoms with Gasteiger partial charge in [0.15, 0.2) is 0 Å². The number of aromatic nitrogens is 1. The zero-order valence-electron chi connectivity index (χ0n) is 15.7. The Morgan fingerprint density at radius 2 is 1.64 bits per heavy atom. The Bertz CT molecular complexity index is 1040. The lowest BCUT2D eigenvalue weighted by molar-refractivity contribution is 0.415. The first-order chi connectivity index (χ1) is 13.6. The van der Waals surface area contributed by atoms with E-state index < -0.39 is 9.84 Å². The van der Waals surface area contributed by atoms with Crippen molar-refractivity contribution in [3.05, 3.63) is 54.6 Å². The maximum atomic E-state index is 13.3. The lowest BCUT2D eigenvalue weighted by Crippen LogP contribution is -2.30. The van der Waals surface area contributed by atoms with Gasteiger partial charge in [0, 0.05) is 18.7 Å². The van der Waals surface area contributed by atoms with Crippen molar-refractivity contribution < 1.29 is 17.6 Å². The van der Waals surface area contributed by atoms with E-state index in [1.807, 2.05) is 17.0 Å². The van der Waals surface area contributed by atoms with Gasteiger partial charge in [-0.3, -0.25) is 0 Å². The number of nitrogens with zero attached hydrogens (tertiary/aromatic N) is 2. The smallest absolute Gasteiger partial charge is 0.236 e. The molecule has 0 saturated carbocycles. The van der Waals surface area contributed by atoms with Crippen molar-refractivity contribution in [1.29, 1.82) is 0 Å². The molecule has 2 aromatic carbocycles. The van der Waals surface area contributed by atoms with Crippen LogP contribution in [0.4, 0.5) is 5.88 Å². The highest BCUT2D eigenvalue weighted by molar-refractivity contribution is 7.91. The van der Waals surface area contributed by atoms with Crippen molar-refractivity contribution in [2.24, 2.45) is 0 Å². The van der Waals surface area contributed by atoms with Gasteiger partial charge in [0.05, 0.1) is 12.0 Å². The Balaban J connectivity index is 1.82. The average Bonchev–Trinajstić information content (AvgIpc) is 3.21. The number of piperidine rings is 1. The molecule has 1 aliphatic heterocycles. The van der Waals surface area contributed by atoms with E-state index in [9.17, 15) is 8.42 Å². The highest BCUT2D eigenvalue weighted by Gasteiger charge is 2.31. The highest BCUT2D eigenvalue weighted by Crippen LogP contribution is 2.36. The molecule has 0 amide bonds. The molecule has 0 unspecified atom stereocenters. The van der Waals surface area contributed by atoms with Gasteiger partial charge in [-0.15, -0.1) is 0 Å². The Labute approximate surface area is 164 Å². The maximum Gasteiger partial charge on any atom is 0.236 e. The summed E-state index contributed by atoms with van der Waals surface area (Å²) in [4.78, 5) is 6.62. The fourth-order valence-corrected chi connectivity index (χ4v) is 4.68. The first kappa shape index (κ1) is 18.6. The largest absolute Gasteiger partial charge is 0.497 e. The van der Waals surface area contributed by atoms with E-state index >= 15 is 0 Å². The molecule has 6 nitrogen and oxygen atoms in total. The molecule has 0 spiro atoms. The van der Waals surface area contributed by atoms with Crippen molar-refractivity contribution in [1.82, 2.24) is 4.98 Å². The number of hydrogen-bond donors (Lipinski definition) is 0. The molecule has 146 valence electrons. The predicted molar refractivity (Wildman–Crippen MR) is 106 cm³/mol. The Kier molecular flexibility index (Phi) is 5.09. The third-order valence-electron chi connectivity index (χ3n) is 4.87. The molecule has 3 aromatic rings. The van der Waals surface area contributed by atoms with E-state index in [4.69, 9.17) is 9.15 Å². The molecule has 0 bridgehead atoms. The quantitative estimate of drug-likeness (QED) is 0.642. The van der Waals surface area contributed by atoms with E-state index in [0.29, 0.717) is 17.2 Å². The second-order valence-electron chi connectivity index (χ2n) is 6.72. The van der Waals surface area contributed by atoms with Crippen LogP contribution in [0.15, 0.2) is 68.9 Å². The van der Waals surface area contributed by atoms with Gasteiger partial charge in [-0.1, -0.05) is 18.2 Å². The van der Waals surface area contributed by atoms with E-state index in [1.165, 1.54) is 0 Å². The molecule has 7 heteroatoms. The van der Waals surface area contributed by atoms with Crippen LogP contribution in [0, 0.1) is 0 Å². The summed E-state index contributed by atoms with van der Waals surface area (Å²) in [5, 5.41) is -0.0218. The standard InChI is InChI=1S/C21H22N2O4S/c1-26-17-12-10-16(11-13-17)19-22-20(21(27-19)23-14-6-3-7-15-23)28(24,25)18-8-4-2-5-9-18/h2,4-5,8-13H,3,6-7,14-15H2,1H3. The van der Waals surface area contributed by atoms with Gasteiger partial charge in [-0.2, -0.15) is 4.98 Å². The van der Waals surface area contributed by atoms with Crippen LogP contribution in [-0.2, 0) is 9.84 Å². The monoisotopic (exact) mass is 398 g/mol. The number of rotatable bonds is 5. The predicted octanol–water partition coefficient (Wildman–Crippen LogP) is 4.17. The van der Waals surface area contributed by atoms with E-state index in [1.54, 1.807) is 49.6 Å². The molecule has 1 aromatic heterocycles. The van der Waals surface area contributed by atoms with Gasteiger partial charge in [0.2, 0.25) is 26.6 Å². The van der Waals surface area contributed by atoms with Gasteiger partial charge in [-0.25, -0.2) is 8.42 Å². The molecule has 1 aliphatic rings. The summed E-state index contributed by atoms with van der Waals surface area (Å²) in [5.41, 5.74) is 0.702. The number of methoxy groups -OCH3 is 1. The summed E-state index contributed by atoms with van der Waals surface area (Å²) in [6.07, 6.45) is 3.14. The van der Waals surface area contributed by atoms with Crippen LogP contribution in [0.5, 0.6) is 5.75 Å². The Hall–Kier alpha value is -2.80. The van der Waals surface area contributed by atoms with Crippen molar-refractivity contribution in [3.8, 4) is 17.2 Å². The SMILES string of the molecule is COc1ccc(-c2nc(S(=O)(=O)c3ccccc3)c(N3CCCCC3)o2)cc1. The minimum atomic E-state index is -3.79. The lowest BCUT2D eigenvalue weighted by atomic mass is 10.1. The zero-order chi connectivity index (χ0) is 19.6.